The third kappa shape index (κ3) is 1.96. The predicted octanol–water partition coefficient (Wildman–Crippen LogP) is 4.78. The van der Waals surface area contributed by atoms with Gasteiger partial charge >= 0.3 is 0 Å². The highest BCUT2D eigenvalue weighted by Crippen LogP contribution is 2.36. The largest absolute Gasteiger partial charge is 0.456 e. The van der Waals surface area contributed by atoms with Crippen molar-refractivity contribution in [3.05, 3.63) is 52.8 Å². The molecular formula is C15H11ClFNO. The number of fused-ring (bicyclic) bond motifs is 1. The Labute approximate surface area is 114 Å². The van der Waals surface area contributed by atoms with Crippen LogP contribution in [0.2, 0.25) is 5.02 Å². The van der Waals surface area contributed by atoms with Crippen molar-refractivity contribution in [2.24, 2.45) is 0 Å². The van der Waals surface area contributed by atoms with E-state index in [0.717, 1.165) is 16.5 Å². The van der Waals surface area contributed by atoms with E-state index in [1.54, 1.807) is 0 Å². The van der Waals surface area contributed by atoms with Crippen LogP contribution < -0.4 is 5.73 Å². The molecule has 1 aromatic heterocycles. The molecule has 0 aliphatic heterocycles. The molecule has 3 rings (SSSR count). The highest BCUT2D eigenvalue weighted by Gasteiger charge is 2.14. The molecule has 19 heavy (non-hydrogen) atoms. The summed E-state index contributed by atoms with van der Waals surface area (Å²) in [6.07, 6.45) is 0. The summed E-state index contributed by atoms with van der Waals surface area (Å²) in [4.78, 5) is 0. The van der Waals surface area contributed by atoms with Crippen LogP contribution in [0.25, 0.3) is 22.3 Å². The summed E-state index contributed by atoms with van der Waals surface area (Å²) < 4.78 is 19.2. The van der Waals surface area contributed by atoms with E-state index in [4.69, 9.17) is 21.8 Å². The van der Waals surface area contributed by atoms with Gasteiger partial charge in [0.15, 0.2) is 0 Å². The maximum atomic E-state index is 13.4. The summed E-state index contributed by atoms with van der Waals surface area (Å²) in [7, 11) is 0. The van der Waals surface area contributed by atoms with Crippen LogP contribution in [0.4, 0.5) is 10.1 Å². The fourth-order valence-electron chi connectivity index (χ4n) is 2.13. The molecular weight excluding hydrogens is 265 g/mol. The maximum Gasteiger partial charge on any atom is 0.137 e. The summed E-state index contributed by atoms with van der Waals surface area (Å²) in [5.41, 5.74) is 8.47. The zero-order chi connectivity index (χ0) is 13.6. The number of halogens is 2. The number of hydrogen-bond acceptors (Lipinski definition) is 2. The molecule has 2 aromatic carbocycles. The zero-order valence-electron chi connectivity index (χ0n) is 10.2. The van der Waals surface area contributed by atoms with Gasteiger partial charge in [-0.15, -0.1) is 0 Å². The molecule has 0 aliphatic carbocycles. The summed E-state index contributed by atoms with van der Waals surface area (Å²) >= 11 is 5.89. The number of nitrogen functional groups attached to an aromatic ring is 1. The van der Waals surface area contributed by atoms with Crippen molar-refractivity contribution in [2.75, 3.05) is 5.73 Å². The zero-order valence-corrected chi connectivity index (χ0v) is 11.0. The maximum absolute atomic E-state index is 13.4. The van der Waals surface area contributed by atoms with Gasteiger partial charge in [-0.05, 0) is 30.7 Å². The molecule has 0 atom stereocenters. The van der Waals surface area contributed by atoms with E-state index in [2.05, 4.69) is 0 Å². The van der Waals surface area contributed by atoms with Crippen molar-refractivity contribution in [3.63, 3.8) is 0 Å². The Kier molecular flexibility index (Phi) is 2.72. The Morgan fingerprint density at radius 3 is 2.74 bits per heavy atom. The molecule has 2 nitrogen and oxygen atoms in total. The SMILES string of the molecule is Cc1cccc2cc(-c3cc(F)cc(Cl)c3N)oc12. The second-order valence-corrected chi connectivity index (χ2v) is 4.86. The Balaban J connectivity index is 2.28. The monoisotopic (exact) mass is 275 g/mol. The molecule has 0 aliphatic rings. The Morgan fingerprint density at radius 2 is 2.00 bits per heavy atom. The number of aryl methyl sites for hydroxylation is 1. The molecule has 0 fully saturated rings. The molecule has 0 saturated heterocycles. The Morgan fingerprint density at radius 1 is 1.21 bits per heavy atom. The van der Waals surface area contributed by atoms with Crippen LogP contribution in [-0.4, -0.2) is 0 Å². The molecule has 0 bridgehead atoms. The molecule has 1 heterocycles. The normalized spacial score (nSPS) is 11.1. The quantitative estimate of drug-likeness (QED) is 0.649. The van der Waals surface area contributed by atoms with Gasteiger partial charge in [-0.1, -0.05) is 29.8 Å². The summed E-state index contributed by atoms with van der Waals surface area (Å²) in [6, 6.07) is 10.2. The van der Waals surface area contributed by atoms with Crippen LogP contribution >= 0.6 is 11.6 Å². The van der Waals surface area contributed by atoms with E-state index < -0.39 is 5.82 Å². The first-order valence-corrected chi connectivity index (χ1v) is 6.18. The van der Waals surface area contributed by atoms with Crippen LogP contribution in [-0.2, 0) is 0 Å². The molecule has 3 aromatic rings. The minimum Gasteiger partial charge on any atom is -0.456 e. The minimum absolute atomic E-state index is 0.187. The van der Waals surface area contributed by atoms with E-state index in [1.807, 2.05) is 31.2 Å². The van der Waals surface area contributed by atoms with Crippen molar-refractivity contribution >= 4 is 28.3 Å². The number of hydrogen-bond donors (Lipinski definition) is 1. The van der Waals surface area contributed by atoms with Gasteiger partial charge in [0.2, 0.25) is 0 Å². The lowest BCUT2D eigenvalue weighted by Crippen LogP contribution is -1.92. The van der Waals surface area contributed by atoms with Gasteiger partial charge in [0.1, 0.15) is 17.2 Å². The van der Waals surface area contributed by atoms with Crippen molar-refractivity contribution in [3.8, 4) is 11.3 Å². The topological polar surface area (TPSA) is 39.2 Å². The second-order valence-electron chi connectivity index (χ2n) is 4.45. The molecule has 2 N–H and O–H groups in total. The molecule has 0 unspecified atom stereocenters. The third-order valence-electron chi connectivity index (χ3n) is 3.10. The van der Waals surface area contributed by atoms with Crippen LogP contribution in [0, 0.1) is 12.7 Å². The lowest BCUT2D eigenvalue weighted by molar-refractivity contribution is 0.617. The highest BCUT2D eigenvalue weighted by molar-refractivity contribution is 6.33. The summed E-state index contributed by atoms with van der Waals surface area (Å²) in [6.45, 7) is 1.96. The lowest BCUT2D eigenvalue weighted by Gasteiger charge is -2.04. The van der Waals surface area contributed by atoms with Gasteiger partial charge in [-0.2, -0.15) is 0 Å². The van der Waals surface area contributed by atoms with Crippen LogP contribution in [0.5, 0.6) is 0 Å². The van der Waals surface area contributed by atoms with E-state index >= 15 is 0 Å². The van der Waals surface area contributed by atoms with E-state index in [1.165, 1.54) is 12.1 Å². The standard InChI is InChI=1S/C15H11ClFNO/c1-8-3-2-4-9-5-13(19-15(8)9)11-6-10(17)7-12(16)14(11)18/h2-7H,18H2,1H3. The first-order valence-electron chi connectivity index (χ1n) is 5.80. The fraction of sp³-hybridized carbons (Fsp3) is 0.0667. The fourth-order valence-corrected chi connectivity index (χ4v) is 2.34. The molecule has 0 amide bonds. The summed E-state index contributed by atoms with van der Waals surface area (Å²) in [5, 5.41) is 1.14. The number of anilines is 1. The molecule has 0 spiro atoms. The molecule has 0 saturated carbocycles. The number of rotatable bonds is 1. The number of para-hydroxylation sites is 1. The Hall–Kier alpha value is -2.00. The van der Waals surface area contributed by atoms with Crippen molar-refractivity contribution in [1.29, 1.82) is 0 Å². The average molecular weight is 276 g/mol. The molecule has 4 heteroatoms. The van der Waals surface area contributed by atoms with Gasteiger partial charge in [0.05, 0.1) is 10.7 Å². The smallest absolute Gasteiger partial charge is 0.137 e. The summed E-state index contributed by atoms with van der Waals surface area (Å²) in [5.74, 6) is 0.0783. The van der Waals surface area contributed by atoms with Crippen LogP contribution in [0.1, 0.15) is 5.56 Å². The minimum atomic E-state index is -0.439. The first kappa shape index (κ1) is 12.1. The highest BCUT2D eigenvalue weighted by atomic mass is 35.5. The number of benzene rings is 2. The number of furan rings is 1. The van der Waals surface area contributed by atoms with Crippen LogP contribution in [0.15, 0.2) is 40.8 Å². The van der Waals surface area contributed by atoms with Gasteiger partial charge in [0.25, 0.3) is 0 Å². The second kappa shape index (κ2) is 4.28. The number of nitrogens with two attached hydrogens (primary N) is 1. The van der Waals surface area contributed by atoms with Crippen LogP contribution in [0.3, 0.4) is 0 Å². The molecule has 0 radical (unpaired) electrons. The van der Waals surface area contributed by atoms with E-state index in [0.29, 0.717) is 17.0 Å². The van der Waals surface area contributed by atoms with Crippen molar-refractivity contribution in [1.82, 2.24) is 0 Å². The van der Waals surface area contributed by atoms with Gasteiger partial charge < -0.3 is 10.2 Å². The van der Waals surface area contributed by atoms with E-state index in [-0.39, 0.29) is 5.02 Å². The average Bonchev–Trinajstić information content (AvgIpc) is 2.79. The third-order valence-corrected chi connectivity index (χ3v) is 3.41. The predicted molar refractivity (Wildman–Crippen MR) is 75.8 cm³/mol. The molecule has 96 valence electrons. The van der Waals surface area contributed by atoms with Gasteiger partial charge in [-0.3, -0.25) is 0 Å². The lowest BCUT2D eigenvalue weighted by atomic mass is 10.1. The van der Waals surface area contributed by atoms with Crippen molar-refractivity contribution in [2.45, 2.75) is 6.92 Å². The first-order chi connectivity index (χ1) is 9.06. The van der Waals surface area contributed by atoms with E-state index in [9.17, 15) is 4.39 Å². The van der Waals surface area contributed by atoms with Gasteiger partial charge in [0, 0.05) is 10.9 Å². The van der Waals surface area contributed by atoms with Crippen molar-refractivity contribution < 1.29 is 8.81 Å². The van der Waals surface area contributed by atoms with Gasteiger partial charge in [-0.25, -0.2) is 4.39 Å². The Bertz CT molecular complexity index is 779.